The van der Waals surface area contributed by atoms with Crippen molar-refractivity contribution in [3.63, 3.8) is 0 Å². The van der Waals surface area contributed by atoms with Gasteiger partial charge in [0, 0.05) is 9.35 Å². The summed E-state index contributed by atoms with van der Waals surface area (Å²) in [4.78, 5) is 1.47. The zero-order valence-electron chi connectivity index (χ0n) is 10.6. The van der Waals surface area contributed by atoms with Gasteiger partial charge in [-0.15, -0.1) is 11.3 Å². The van der Waals surface area contributed by atoms with E-state index < -0.39 is 0 Å². The van der Waals surface area contributed by atoms with Crippen LogP contribution in [0.2, 0.25) is 0 Å². The quantitative estimate of drug-likeness (QED) is 0.816. The Hall–Kier alpha value is 0.140. The van der Waals surface area contributed by atoms with Crippen molar-refractivity contribution in [2.45, 2.75) is 33.6 Å². The lowest BCUT2D eigenvalue weighted by Gasteiger charge is -2.20. The van der Waals surface area contributed by atoms with Crippen LogP contribution in [0.5, 0.6) is 0 Å². The molecular weight excluding hydrogens is 282 g/mol. The van der Waals surface area contributed by atoms with Crippen LogP contribution < -0.4 is 5.32 Å². The molecule has 1 rings (SSSR count). The SMILES string of the molecule is CC(C)CNCC(C)C(C)c1sccc1Br. The van der Waals surface area contributed by atoms with Crippen LogP contribution in [0.3, 0.4) is 0 Å². The summed E-state index contributed by atoms with van der Waals surface area (Å²) >= 11 is 5.47. The minimum Gasteiger partial charge on any atom is -0.316 e. The van der Waals surface area contributed by atoms with Crippen LogP contribution in [0.1, 0.15) is 38.5 Å². The van der Waals surface area contributed by atoms with Gasteiger partial charge in [0.1, 0.15) is 0 Å². The second-order valence-corrected chi connectivity index (χ2v) is 6.75. The van der Waals surface area contributed by atoms with Crippen LogP contribution in [-0.2, 0) is 0 Å². The average molecular weight is 304 g/mol. The maximum atomic E-state index is 3.62. The molecule has 16 heavy (non-hydrogen) atoms. The van der Waals surface area contributed by atoms with E-state index in [9.17, 15) is 0 Å². The van der Waals surface area contributed by atoms with Gasteiger partial charge in [-0.2, -0.15) is 0 Å². The normalized spacial score (nSPS) is 15.4. The molecule has 2 atom stereocenters. The second kappa shape index (κ2) is 6.77. The summed E-state index contributed by atoms with van der Waals surface area (Å²) < 4.78 is 1.26. The molecule has 0 aliphatic rings. The van der Waals surface area contributed by atoms with E-state index in [1.807, 2.05) is 11.3 Å². The van der Waals surface area contributed by atoms with Crippen LogP contribution in [0.25, 0.3) is 0 Å². The predicted molar refractivity (Wildman–Crippen MR) is 77.3 cm³/mol. The summed E-state index contributed by atoms with van der Waals surface area (Å²) in [5, 5.41) is 5.69. The minimum atomic E-state index is 0.619. The summed E-state index contributed by atoms with van der Waals surface area (Å²) in [5.74, 6) is 2.03. The van der Waals surface area contributed by atoms with Crippen LogP contribution in [0.15, 0.2) is 15.9 Å². The predicted octanol–water partition coefficient (Wildman–Crippen LogP) is 4.50. The summed E-state index contributed by atoms with van der Waals surface area (Å²) in [7, 11) is 0. The highest BCUT2D eigenvalue weighted by Gasteiger charge is 2.17. The van der Waals surface area contributed by atoms with E-state index in [1.54, 1.807) is 0 Å². The van der Waals surface area contributed by atoms with Crippen LogP contribution >= 0.6 is 27.3 Å². The summed E-state index contributed by atoms with van der Waals surface area (Å²) in [6.45, 7) is 11.3. The topological polar surface area (TPSA) is 12.0 Å². The molecule has 0 aliphatic heterocycles. The molecule has 0 spiro atoms. The Morgan fingerprint density at radius 2 is 1.94 bits per heavy atom. The molecule has 1 aromatic heterocycles. The van der Waals surface area contributed by atoms with Crippen molar-refractivity contribution >= 4 is 27.3 Å². The smallest absolute Gasteiger partial charge is 0.0317 e. The molecular formula is C13H22BrNS. The lowest BCUT2D eigenvalue weighted by molar-refractivity contribution is 0.431. The van der Waals surface area contributed by atoms with Crippen LogP contribution in [0.4, 0.5) is 0 Å². The third-order valence-electron chi connectivity index (χ3n) is 2.93. The Kier molecular flexibility index (Phi) is 6.01. The molecule has 1 aromatic rings. The standard InChI is InChI=1S/C13H22BrNS/c1-9(2)7-15-8-10(3)11(4)13-12(14)5-6-16-13/h5-6,9-11,15H,7-8H2,1-4H3. The fraction of sp³-hybridized carbons (Fsp3) is 0.692. The summed E-state index contributed by atoms with van der Waals surface area (Å²) in [5.41, 5.74) is 0. The number of nitrogens with one attached hydrogen (secondary N) is 1. The molecule has 0 fully saturated rings. The van der Waals surface area contributed by atoms with E-state index in [0.29, 0.717) is 11.8 Å². The lowest BCUT2D eigenvalue weighted by Crippen LogP contribution is -2.27. The van der Waals surface area contributed by atoms with Gasteiger partial charge < -0.3 is 5.32 Å². The van der Waals surface area contributed by atoms with Gasteiger partial charge in [0.2, 0.25) is 0 Å². The Morgan fingerprint density at radius 1 is 1.25 bits per heavy atom. The Balaban J connectivity index is 2.42. The lowest BCUT2D eigenvalue weighted by atomic mass is 9.94. The Bertz CT molecular complexity index is 309. The highest BCUT2D eigenvalue weighted by molar-refractivity contribution is 9.10. The van der Waals surface area contributed by atoms with E-state index >= 15 is 0 Å². The van der Waals surface area contributed by atoms with Crippen molar-refractivity contribution in [3.05, 3.63) is 20.8 Å². The van der Waals surface area contributed by atoms with Gasteiger partial charge in [0.25, 0.3) is 0 Å². The first kappa shape index (κ1) is 14.2. The molecule has 2 unspecified atom stereocenters. The maximum Gasteiger partial charge on any atom is 0.0317 e. The van der Waals surface area contributed by atoms with E-state index in [2.05, 4.69) is 60.4 Å². The van der Waals surface area contributed by atoms with E-state index in [4.69, 9.17) is 0 Å². The third-order valence-corrected chi connectivity index (χ3v) is 5.00. The van der Waals surface area contributed by atoms with Gasteiger partial charge in [-0.05, 0) is 58.2 Å². The maximum absolute atomic E-state index is 3.62. The van der Waals surface area contributed by atoms with E-state index in [-0.39, 0.29) is 0 Å². The average Bonchev–Trinajstić information content (AvgIpc) is 2.62. The highest BCUT2D eigenvalue weighted by atomic mass is 79.9. The molecule has 1 N–H and O–H groups in total. The van der Waals surface area contributed by atoms with Gasteiger partial charge in [0.15, 0.2) is 0 Å². The molecule has 0 saturated heterocycles. The van der Waals surface area contributed by atoms with Crippen molar-refractivity contribution in [2.75, 3.05) is 13.1 Å². The molecule has 92 valence electrons. The zero-order chi connectivity index (χ0) is 12.1. The molecule has 1 heterocycles. The molecule has 0 radical (unpaired) electrons. The molecule has 0 bridgehead atoms. The largest absolute Gasteiger partial charge is 0.316 e. The second-order valence-electron chi connectivity index (χ2n) is 4.95. The molecule has 1 nitrogen and oxygen atoms in total. The number of rotatable bonds is 6. The monoisotopic (exact) mass is 303 g/mol. The van der Waals surface area contributed by atoms with Crippen LogP contribution in [0, 0.1) is 11.8 Å². The number of hydrogen-bond donors (Lipinski definition) is 1. The molecule has 0 aliphatic carbocycles. The van der Waals surface area contributed by atoms with Crippen molar-refractivity contribution in [1.29, 1.82) is 0 Å². The number of thiophene rings is 1. The Morgan fingerprint density at radius 3 is 2.44 bits per heavy atom. The van der Waals surface area contributed by atoms with Gasteiger partial charge >= 0.3 is 0 Å². The first-order chi connectivity index (χ1) is 7.52. The fourth-order valence-electron chi connectivity index (χ4n) is 1.67. The molecule has 0 saturated carbocycles. The van der Waals surface area contributed by atoms with Gasteiger partial charge in [-0.25, -0.2) is 0 Å². The molecule has 0 amide bonds. The van der Waals surface area contributed by atoms with Gasteiger partial charge in [-0.1, -0.05) is 27.7 Å². The van der Waals surface area contributed by atoms with Gasteiger partial charge in [0.05, 0.1) is 0 Å². The van der Waals surface area contributed by atoms with Crippen molar-refractivity contribution in [2.24, 2.45) is 11.8 Å². The van der Waals surface area contributed by atoms with Crippen molar-refractivity contribution in [3.8, 4) is 0 Å². The molecule has 3 heteroatoms. The minimum absolute atomic E-state index is 0.619. The Labute approximate surface area is 112 Å². The van der Waals surface area contributed by atoms with Crippen molar-refractivity contribution in [1.82, 2.24) is 5.32 Å². The third kappa shape index (κ3) is 4.19. The zero-order valence-corrected chi connectivity index (χ0v) is 13.0. The van der Waals surface area contributed by atoms with E-state index in [0.717, 1.165) is 19.0 Å². The number of hydrogen-bond acceptors (Lipinski definition) is 2. The first-order valence-corrected chi connectivity index (χ1v) is 7.63. The number of halogens is 1. The highest BCUT2D eigenvalue weighted by Crippen LogP contribution is 2.34. The van der Waals surface area contributed by atoms with Crippen molar-refractivity contribution < 1.29 is 0 Å². The first-order valence-electron chi connectivity index (χ1n) is 5.96. The fourth-order valence-corrected chi connectivity index (χ4v) is 3.59. The summed E-state index contributed by atoms with van der Waals surface area (Å²) in [6, 6.07) is 2.14. The van der Waals surface area contributed by atoms with Gasteiger partial charge in [-0.3, -0.25) is 0 Å². The van der Waals surface area contributed by atoms with E-state index in [1.165, 1.54) is 9.35 Å². The summed E-state index contributed by atoms with van der Waals surface area (Å²) in [6.07, 6.45) is 0. The molecule has 0 aromatic carbocycles. The van der Waals surface area contributed by atoms with Crippen LogP contribution in [-0.4, -0.2) is 13.1 Å².